The summed E-state index contributed by atoms with van der Waals surface area (Å²) in [5.74, 6) is -0.102. The summed E-state index contributed by atoms with van der Waals surface area (Å²) in [6, 6.07) is -0.193. The summed E-state index contributed by atoms with van der Waals surface area (Å²) in [5.41, 5.74) is 2.47. The van der Waals surface area contributed by atoms with Gasteiger partial charge >= 0.3 is 0 Å². The zero-order chi connectivity index (χ0) is 9.68. The van der Waals surface area contributed by atoms with Crippen molar-refractivity contribution in [3.8, 4) is 0 Å². The lowest BCUT2D eigenvalue weighted by atomic mass is 10.3. The maximum Gasteiger partial charge on any atom is 0.260 e. The molecule has 1 saturated carbocycles. The van der Waals surface area contributed by atoms with E-state index in [4.69, 9.17) is 4.84 Å². The maximum absolute atomic E-state index is 11.2. The van der Waals surface area contributed by atoms with Gasteiger partial charge in [-0.3, -0.25) is 9.63 Å². The van der Waals surface area contributed by atoms with Gasteiger partial charge in [0.05, 0.1) is 12.1 Å². The topological polar surface area (TPSA) is 50.4 Å². The fraction of sp³-hybridized carbons (Fsp3) is 0.889. The van der Waals surface area contributed by atoms with E-state index in [1.165, 1.54) is 12.8 Å². The molecule has 0 bridgehead atoms. The molecule has 4 nitrogen and oxygen atoms in total. The van der Waals surface area contributed by atoms with Gasteiger partial charge < -0.3 is 5.32 Å². The Balaban J connectivity index is 2.13. The van der Waals surface area contributed by atoms with E-state index in [1.807, 2.05) is 0 Å². The van der Waals surface area contributed by atoms with Gasteiger partial charge in [0.15, 0.2) is 0 Å². The van der Waals surface area contributed by atoms with Crippen LogP contribution in [-0.2, 0) is 9.63 Å². The van der Waals surface area contributed by atoms with Crippen LogP contribution in [0.3, 0.4) is 0 Å². The van der Waals surface area contributed by atoms with Crippen LogP contribution in [0, 0.1) is 0 Å². The largest absolute Gasteiger partial charge is 0.309 e. The molecule has 76 valence electrons. The quantitative estimate of drug-likeness (QED) is 0.632. The zero-order valence-corrected chi connectivity index (χ0v) is 8.30. The molecule has 1 aliphatic rings. The van der Waals surface area contributed by atoms with Crippen molar-refractivity contribution in [2.75, 3.05) is 7.05 Å². The van der Waals surface area contributed by atoms with Crippen molar-refractivity contribution in [2.45, 2.75) is 44.8 Å². The van der Waals surface area contributed by atoms with E-state index in [0.29, 0.717) is 0 Å². The smallest absolute Gasteiger partial charge is 0.260 e. The van der Waals surface area contributed by atoms with Crippen molar-refractivity contribution < 1.29 is 9.63 Å². The molecule has 4 heteroatoms. The van der Waals surface area contributed by atoms with E-state index >= 15 is 0 Å². The van der Waals surface area contributed by atoms with Gasteiger partial charge in [0.25, 0.3) is 5.91 Å². The van der Waals surface area contributed by atoms with Crippen molar-refractivity contribution in [3.05, 3.63) is 0 Å². The summed E-state index contributed by atoms with van der Waals surface area (Å²) in [4.78, 5) is 16.5. The number of hydrogen-bond acceptors (Lipinski definition) is 3. The fourth-order valence-electron chi connectivity index (χ4n) is 1.37. The minimum Gasteiger partial charge on any atom is -0.309 e. The third-order valence-electron chi connectivity index (χ3n) is 2.45. The monoisotopic (exact) mass is 186 g/mol. The number of carbonyl (C=O) groups excluding carboxylic acids is 1. The van der Waals surface area contributed by atoms with Crippen molar-refractivity contribution >= 4 is 5.91 Å². The molecule has 1 fully saturated rings. The molecule has 1 aliphatic carbocycles. The number of carbonyl (C=O) groups is 1. The van der Waals surface area contributed by atoms with Gasteiger partial charge in [-0.05, 0) is 26.8 Å². The molecule has 0 aliphatic heterocycles. The number of hydroxylamine groups is 1. The third-order valence-corrected chi connectivity index (χ3v) is 2.45. The molecular weight excluding hydrogens is 168 g/mol. The fourth-order valence-corrected chi connectivity index (χ4v) is 1.37. The molecule has 0 radical (unpaired) electrons. The first kappa shape index (κ1) is 10.5. The summed E-state index contributed by atoms with van der Waals surface area (Å²) < 4.78 is 0. The van der Waals surface area contributed by atoms with E-state index in [1.54, 1.807) is 14.0 Å². The predicted molar refractivity (Wildman–Crippen MR) is 50.0 cm³/mol. The average molecular weight is 186 g/mol. The molecule has 1 amide bonds. The number of rotatable bonds is 4. The van der Waals surface area contributed by atoms with Crippen LogP contribution in [0.1, 0.15) is 32.6 Å². The van der Waals surface area contributed by atoms with E-state index in [2.05, 4.69) is 10.8 Å². The summed E-state index contributed by atoms with van der Waals surface area (Å²) in [6.45, 7) is 1.80. The summed E-state index contributed by atoms with van der Waals surface area (Å²) in [5, 5.41) is 2.85. The van der Waals surface area contributed by atoms with E-state index in [-0.39, 0.29) is 18.1 Å². The Morgan fingerprint density at radius 2 is 2.08 bits per heavy atom. The SMILES string of the molecule is CNC(C)C(=O)NOC1CCCC1. The second-order valence-electron chi connectivity index (χ2n) is 3.50. The molecule has 0 saturated heterocycles. The van der Waals surface area contributed by atoms with Crippen molar-refractivity contribution in [2.24, 2.45) is 0 Å². The Bertz CT molecular complexity index is 167. The van der Waals surface area contributed by atoms with Gasteiger partial charge in [-0.25, -0.2) is 5.48 Å². The average Bonchev–Trinajstić information content (AvgIpc) is 2.65. The van der Waals surface area contributed by atoms with Crippen LogP contribution in [-0.4, -0.2) is 25.1 Å². The molecule has 2 N–H and O–H groups in total. The molecular formula is C9H18N2O2. The Morgan fingerprint density at radius 3 is 2.62 bits per heavy atom. The van der Waals surface area contributed by atoms with Crippen molar-refractivity contribution in [3.63, 3.8) is 0 Å². The minimum absolute atomic E-state index is 0.102. The number of likely N-dealkylation sites (N-methyl/N-ethyl adjacent to an activating group) is 1. The molecule has 0 aromatic heterocycles. The second-order valence-corrected chi connectivity index (χ2v) is 3.50. The van der Waals surface area contributed by atoms with E-state index in [0.717, 1.165) is 12.8 Å². The van der Waals surface area contributed by atoms with Gasteiger partial charge in [0.2, 0.25) is 0 Å². The Morgan fingerprint density at radius 1 is 1.46 bits per heavy atom. The zero-order valence-electron chi connectivity index (χ0n) is 8.30. The van der Waals surface area contributed by atoms with E-state index < -0.39 is 0 Å². The van der Waals surface area contributed by atoms with Crippen LogP contribution in [0.2, 0.25) is 0 Å². The lowest BCUT2D eigenvalue weighted by Gasteiger charge is -2.14. The number of nitrogens with one attached hydrogen (secondary N) is 2. The second kappa shape index (κ2) is 5.19. The first-order chi connectivity index (χ1) is 6.24. The van der Waals surface area contributed by atoms with E-state index in [9.17, 15) is 4.79 Å². The minimum atomic E-state index is -0.193. The third kappa shape index (κ3) is 3.32. The van der Waals surface area contributed by atoms with Gasteiger partial charge in [0.1, 0.15) is 0 Å². The lowest BCUT2D eigenvalue weighted by Crippen LogP contribution is -2.41. The van der Waals surface area contributed by atoms with Crippen LogP contribution >= 0.6 is 0 Å². The summed E-state index contributed by atoms with van der Waals surface area (Å²) >= 11 is 0. The standard InChI is InChI=1S/C9H18N2O2/c1-7(10-2)9(12)11-13-8-5-3-4-6-8/h7-8,10H,3-6H2,1-2H3,(H,11,12). The molecule has 1 unspecified atom stereocenters. The first-order valence-corrected chi connectivity index (χ1v) is 4.87. The molecule has 0 heterocycles. The Kier molecular flexibility index (Phi) is 4.18. The van der Waals surface area contributed by atoms with Gasteiger partial charge in [-0.2, -0.15) is 0 Å². The van der Waals surface area contributed by atoms with Crippen LogP contribution < -0.4 is 10.8 Å². The van der Waals surface area contributed by atoms with Gasteiger partial charge in [-0.1, -0.05) is 12.8 Å². The molecule has 13 heavy (non-hydrogen) atoms. The normalized spacial score (nSPS) is 20.2. The highest BCUT2D eigenvalue weighted by Gasteiger charge is 2.18. The molecule has 0 spiro atoms. The molecule has 1 atom stereocenters. The van der Waals surface area contributed by atoms with Gasteiger partial charge in [0, 0.05) is 0 Å². The predicted octanol–water partition coefficient (Wildman–Crippen LogP) is 0.585. The highest BCUT2D eigenvalue weighted by atomic mass is 16.7. The van der Waals surface area contributed by atoms with Crippen LogP contribution in [0.25, 0.3) is 0 Å². The molecule has 1 rings (SSSR count). The Labute approximate surface area is 79.0 Å². The lowest BCUT2D eigenvalue weighted by molar-refractivity contribution is -0.139. The number of amides is 1. The van der Waals surface area contributed by atoms with Crippen LogP contribution in [0.5, 0.6) is 0 Å². The maximum atomic E-state index is 11.2. The molecule has 0 aromatic carbocycles. The van der Waals surface area contributed by atoms with Gasteiger partial charge in [-0.15, -0.1) is 0 Å². The van der Waals surface area contributed by atoms with Crippen molar-refractivity contribution in [1.82, 2.24) is 10.8 Å². The van der Waals surface area contributed by atoms with Crippen molar-refractivity contribution in [1.29, 1.82) is 0 Å². The molecule has 0 aromatic rings. The number of hydrogen-bond donors (Lipinski definition) is 2. The summed E-state index contributed by atoms with van der Waals surface area (Å²) in [6.07, 6.45) is 4.78. The highest BCUT2D eigenvalue weighted by Crippen LogP contribution is 2.19. The summed E-state index contributed by atoms with van der Waals surface area (Å²) in [7, 11) is 1.75. The van der Waals surface area contributed by atoms with Crippen LogP contribution in [0.4, 0.5) is 0 Å². The Hall–Kier alpha value is -0.610. The van der Waals surface area contributed by atoms with Crippen LogP contribution in [0.15, 0.2) is 0 Å². The highest BCUT2D eigenvalue weighted by molar-refractivity contribution is 5.80. The first-order valence-electron chi connectivity index (χ1n) is 4.87.